The van der Waals surface area contributed by atoms with Crippen LogP contribution < -0.4 is 5.32 Å². The van der Waals surface area contributed by atoms with Crippen LogP contribution in [0.2, 0.25) is 5.02 Å². The minimum Gasteiger partial charge on any atom is -0.305 e. The molecule has 2 aromatic heterocycles. The average Bonchev–Trinajstić information content (AvgIpc) is 3.00. The fourth-order valence-electron chi connectivity index (χ4n) is 1.89. The van der Waals surface area contributed by atoms with E-state index in [9.17, 15) is 4.79 Å². The molecule has 1 amide bonds. The zero-order valence-corrected chi connectivity index (χ0v) is 13.3. The quantitative estimate of drug-likeness (QED) is 0.774. The highest BCUT2D eigenvalue weighted by Crippen LogP contribution is 2.25. The van der Waals surface area contributed by atoms with Crippen molar-refractivity contribution >= 4 is 34.7 Å². The van der Waals surface area contributed by atoms with Crippen molar-refractivity contribution in [1.29, 1.82) is 0 Å². The van der Waals surface area contributed by atoms with Crippen molar-refractivity contribution in [2.24, 2.45) is 0 Å². The Hall–Kier alpha value is -2.24. The second-order valence-corrected chi connectivity index (χ2v) is 5.96. The number of hydrogen-bond acceptors (Lipinski definition) is 4. The maximum Gasteiger partial charge on any atom is 0.276 e. The van der Waals surface area contributed by atoms with Crippen LogP contribution in [0.3, 0.4) is 0 Å². The third-order valence-corrected chi connectivity index (χ3v) is 4.21. The number of aromatic nitrogens is 2. The number of benzene rings is 1. The molecule has 1 N–H and O–H groups in total. The first-order valence-electron chi connectivity index (χ1n) is 6.58. The lowest BCUT2D eigenvalue weighted by atomic mass is 10.2. The molecule has 2 heterocycles. The van der Waals surface area contributed by atoms with Gasteiger partial charge in [-0.05, 0) is 30.7 Å². The van der Waals surface area contributed by atoms with Crippen LogP contribution in [0.25, 0.3) is 10.6 Å². The monoisotopic (exact) mass is 329 g/mol. The standard InChI is InChI=1S/C16H12ClN3OS/c1-10-3-2-8-18-14(10)20-15(21)13-9-22-16(19-13)11-4-6-12(17)7-5-11/h2-9H,1H3,(H,18,20,21). The lowest BCUT2D eigenvalue weighted by Gasteiger charge is -2.04. The highest BCUT2D eigenvalue weighted by atomic mass is 35.5. The van der Waals surface area contributed by atoms with Crippen LogP contribution in [0, 0.1) is 6.92 Å². The Morgan fingerprint density at radius 2 is 2.00 bits per heavy atom. The molecule has 0 aliphatic heterocycles. The molecule has 6 heteroatoms. The number of carbonyl (C=O) groups is 1. The number of amides is 1. The summed E-state index contributed by atoms with van der Waals surface area (Å²) in [5.74, 6) is 0.284. The Morgan fingerprint density at radius 1 is 1.23 bits per heavy atom. The van der Waals surface area contributed by atoms with Crippen LogP contribution in [-0.2, 0) is 0 Å². The van der Waals surface area contributed by atoms with Gasteiger partial charge in [0.2, 0.25) is 0 Å². The van der Waals surface area contributed by atoms with Crippen molar-refractivity contribution in [2.45, 2.75) is 6.92 Å². The van der Waals surface area contributed by atoms with Gasteiger partial charge < -0.3 is 5.32 Å². The zero-order chi connectivity index (χ0) is 15.5. The molecular formula is C16H12ClN3OS. The first-order chi connectivity index (χ1) is 10.6. The first-order valence-corrected chi connectivity index (χ1v) is 7.83. The van der Waals surface area contributed by atoms with Crippen LogP contribution in [0.1, 0.15) is 16.1 Å². The smallest absolute Gasteiger partial charge is 0.276 e. The normalized spacial score (nSPS) is 10.5. The summed E-state index contributed by atoms with van der Waals surface area (Å²) in [4.78, 5) is 20.8. The highest BCUT2D eigenvalue weighted by Gasteiger charge is 2.13. The molecule has 1 aromatic carbocycles. The molecule has 22 heavy (non-hydrogen) atoms. The molecule has 110 valence electrons. The van der Waals surface area contributed by atoms with Gasteiger partial charge in [-0.25, -0.2) is 9.97 Å². The fraction of sp³-hybridized carbons (Fsp3) is 0.0625. The Balaban J connectivity index is 1.80. The highest BCUT2D eigenvalue weighted by molar-refractivity contribution is 7.13. The Bertz CT molecular complexity index is 814. The summed E-state index contributed by atoms with van der Waals surface area (Å²) < 4.78 is 0. The van der Waals surface area contributed by atoms with Gasteiger partial charge in [0.25, 0.3) is 5.91 Å². The van der Waals surface area contributed by atoms with Gasteiger partial charge in [0, 0.05) is 22.2 Å². The van der Waals surface area contributed by atoms with E-state index in [1.54, 1.807) is 23.7 Å². The SMILES string of the molecule is Cc1cccnc1NC(=O)c1csc(-c2ccc(Cl)cc2)n1. The van der Waals surface area contributed by atoms with Crippen molar-refractivity contribution in [3.63, 3.8) is 0 Å². The summed E-state index contributed by atoms with van der Waals surface area (Å²) in [5.41, 5.74) is 2.21. The van der Waals surface area contributed by atoms with Gasteiger partial charge in [-0.1, -0.05) is 29.8 Å². The maximum absolute atomic E-state index is 12.2. The lowest BCUT2D eigenvalue weighted by Crippen LogP contribution is -2.14. The van der Waals surface area contributed by atoms with E-state index in [0.29, 0.717) is 16.5 Å². The summed E-state index contributed by atoms with van der Waals surface area (Å²) in [5, 5.41) is 5.95. The molecule has 0 aliphatic rings. The predicted octanol–water partition coefficient (Wildman–Crippen LogP) is 4.42. The number of nitrogens with zero attached hydrogens (tertiary/aromatic N) is 2. The number of aryl methyl sites for hydroxylation is 1. The molecular weight excluding hydrogens is 318 g/mol. The van der Waals surface area contributed by atoms with E-state index >= 15 is 0 Å². The number of pyridine rings is 1. The Kier molecular flexibility index (Phi) is 4.18. The average molecular weight is 330 g/mol. The van der Waals surface area contributed by atoms with Crippen LogP contribution >= 0.6 is 22.9 Å². The summed E-state index contributed by atoms with van der Waals surface area (Å²) in [6, 6.07) is 11.1. The van der Waals surface area contributed by atoms with Gasteiger partial charge in [0.15, 0.2) is 0 Å². The van der Waals surface area contributed by atoms with E-state index in [1.165, 1.54) is 11.3 Å². The fourth-order valence-corrected chi connectivity index (χ4v) is 2.82. The largest absolute Gasteiger partial charge is 0.305 e. The van der Waals surface area contributed by atoms with Gasteiger partial charge in [-0.2, -0.15) is 0 Å². The summed E-state index contributed by atoms with van der Waals surface area (Å²) in [6.07, 6.45) is 1.64. The molecule has 0 unspecified atom stereocenters. The van der Waals surface area contributed by atoms with E-state index in [0.717, 1.165) is 16.1 Å². The molecule has 3 rings (SSSR count). The summed E-state index contributed by atoms with van der Waals surface area (Å²) in [6.45, 7) is 1.89. The number of nitrogens with one attached hydrogen (secondary N) is 1. The molecule has 0 aliphatic carbocycles. The second kappa shape index (κ2) is 6.25. The van der Waals surface area contributed by atoms with E-state index in [1.807, 2.05) is 31.2 Å². The van der Waals surface area contributed by atoms with Crippen LogP contribution in [0.15, 0.2) is 48.0 Å². The Morgan fingerprint density at radius 3 is 2.73 bits per heavy atom. The van der Waals surface area contributed by atoms with Crippen LogP contribution in [-0.4, -0.2) is 15.9 Å². The minimum atomic E-state index is -0.265. The van der Waals surface area contributed by atoms with Crippen molar-refractivity contribution in [2.75, 3.05) is 5.32 Å². The van der Waals surface area contributed by atoms with Crippen molar-refractivity contribution in [3.8, 4) is 10.6 Å². The number of carbonyl (C=O) groups excluding carboxylic acids is 1. The molecule has 0 atom stereocenters. The molecule has 0 saturated carbocycles. The van der Waals surface area contributed by atoms with E-state index in [-0.39, 0.29) is 5.91 Å². The molecule has 0 spiro atoms. The van der Waals surface area contributed by atoms with Gasteiger partial charge in [0.05, 0.1) is 0 Å². The number of thiazole rings is 1. The van der Waals surface area contributed by atoms with Gasteiger partial charge >= 0.3 is 0 Å². The van der Waals surface area contributed by atoms with Gasteiger partial charge in [0.1, 0.15) is 16.5 Å². The number of anilines is 1. The second-order valence-electron chi connectivity index (χ2n) is 4.67. The van der Waals surface area contributed by atoms with Crippen LogP contribution in [0.5, 0.6) is 0 Å². The van der Waals surface area contributed by atoms with Gasteiger partial charge in [-0.3, -0.25) is 4.79 Å². The molecule has 0 radical (unpaired) electrons. The molecule has 0 saturated heterocycles. The third kappa shape index (κ3) is 3.16. The van der Waals surface area contributed by atoms with Crippen molar-refractivity contribution < 1.29 is 4.79 Å². The van der Waals surface area contributed by atoms with E-state index in [4.69, 9.17) is 11.6 Å². The number of hydrogen-bond donors (Lipinski definition) is 1. The van der Waals surface area contributed by atoms with Crippen molar-refractivity contribution in [3.05, 3.63) is 64.3 Å². The number of halogens is 1. The van der Waals surface area contributed by atoms with E-state index in [2.05, 4.69) is 15.3 Å². The first kappa shape index (κ1) is 14.7. The minimum absolute atomic E-state index is 0.265. The number of rotatable bonds is 3. The molecule has 3 aromatic rings. The summed E-state index contributed by atoms with van der Waals surface area (Å²) in [7, 11) is 0. The zero-order valence-electron chi connectivity index (χ0n) is 11.7. The van der Waals surface area contributed by atoms with E-state index < -0.39 is 0 Å². The van der Waals surface area contributed by atoms with Crippen LogP contribution in [0.4, 0.5) is 5.82 Å². The molecule has 0 fully saturated rings. The maximum atomic E-state index is 12.2. The summed E-state index contributed by atoms with van der Waals surface area (Å²) >= 11 is 7.29. The Labute approximate surface area is 136 Å². The third-order valence-electron chi connectivity index (χ3n) is 3.07. The molecule has 4 nitrogen and oxygen atoms in total. The lowest BCUT2D eigenvalue weighted by molar-refractivity contribution is 0.102. The molecule has 0 bridgehead atoms. The van der Waals surface area contributed by atoms with Crippen molar-refractivity contribution in [1.82, 2.24) is 9.97 Å². The predicted molar refractivity (Wildman–Crippen MR) is 89.5 cm³/mol. The van der Waals surface area contributed by atoms with Gasteiger partial charge in [-0.15, -0.1) is 11.3 Å². The topological polar surface area (TPSA) is 54.9 Å².